The molecule has 2 aromatic rings. The van der Waals surface area contributed by atoms with Gasteiger partial charge in [-0.3, -0.25) is 14.4 Å². The molecule has 12 nitrogen and oxygen atoms in total. The van der Waals surface area contributed by atoms with E-state index in [1.165, 1.54) is 26.3 Å². The third kappa shape index (κ3) is 8.15. The van der Waals surface area contributed by atoms with Crippen LogP contribution in [0.2, 0.25) is 0 Å². The molecule has 1 saturated heterocycles. The van der Waals surface area contributed by atoms with E-state index in [-0.39, 0.29) is 17.2 Å². The highest BCUT2D eigenvalue weighted by molar-refractivity contribution is 5.98. The number of carbonyl (C=O) groups excluding carboxylic acids is 4. The zero-order chi connectivity index (χ0) is 29.1. The van der Waals surface area contributed by atoms with Gasteiger partial charge < -0.3 is 33.7 Å². The minimum atomic E-state index is -1.35. The van der Waals surface area contributed by atoms with Crippen molar-refractivity contribution in [1.29, 1.82) is 0 Å². The Labute approximate surface area is 232 Å². The van der Waals surface area contributed by atoms with Crippen LogP contribution in [0.5, 0.6) is 11.5 Å². The van der Waals surface area contributed by atoms with Crippen molar-refractivity contribution in [2.75, 3.05) is 27.1 Å². The fraction of sp³-hybridized carbons (Fsp3) is 0.464. The molecular formula is C28H34N2O10. The summed E-state index contributed by atoms with van der Waals surface area (Å²) in [6.45, 7) is 4.14. The molecule has 40 heavy (non-hydrogen) atoms. The summed E-state index contributed by atoms with van der Waals surface area (Å²) >= 11 is 0. The Morgan fingerprint density at radius 3 is 2.55 bits per heavy atom. The number of pyridine rings is 1. The van der Waals surface area contributed by atoms with Crippen LogP contribution in [0, 0.1) is 5.92 Å². The van der Waals surface area contributed by atoms with E-state index in [1.54, 1.807) is 6.92 Å². The second-order valence-corrected chi connectivity index (χ2v) is 9.02. The lowest BCUT2D eigenvalue weighted by atomic mass is 9.91. The predicted molar refractivity (Wildman–Crippen MR) is 139 cm³/mol. The molecule has 4 atom stereocenters. The van der Waals surface area contributed by atoms with Crippen LogP contribution in [0.15, 0.2) is 42.6 Å². The summed E-state index contributed by atoms with van der Waals surface area (Å²) < 4.78 is 32.6. The van der Waals surface area contributed by atoms with E-state index < -0.39 is 61.4 Å². The van der Waals surface area contributed by atoms with Crippen LogP contribution in [-0.2, 0) is 39.8 Å². The van der Waals surface area contributed by atoms with E-state index in [2.05, 4.69) is 10.3 Å². The van der Waals surface area contributed by atoms with Crippen molar-refractivity contribution in [3.8, 4) is 11.5 Å². The number of amides is 1. The molecular weight excluding hydrogens is 524 g/mol. The van der Waals surface area contributed by atoms with Gasteiger partial charge in [-0.25, -0.2) is 9.78 Å². The van der Waals surface area contributed by atoms with Crippen LogP contribution in [-0.4, -0.2) is 74.2 Å². The summed E-state index contributed by atoms with van der Waals surface area (Å²) in [7, 11) is 1.36. The minimum absolute atomic E-state index is 0.110. The van der Waals surface area contributed by atoms with E-state index >= 15 is 0 Å². The Kier molecular flexibility index (Phi) is 11.2. The molecule has 0 saturated carbocycles. The van der Waals surface area contributed by atoms with E-state index in [9.17, 15) is 19.2 Å². The summed E-state index contributed by atoms with van der Waals surface area (Å²) in [6, 6.07) is 9.47. The molecule has 216 valence electrons. The largest absolute Gasteiger partial charge is 0.493 e. The highest BCUT2D eigenvalue weighted by atomic mass is 16.7. The number of nitrogens with one attached hydrogen (secondary N) is 1. The summed E-state index contributed by atoms with van der Waals surface area (Å²) in [4.78, 5) is 54.8. The first-order chi connectivity index (χ1) is 19.2. The molecule has 0 aliphatic carbocycles. The van der Waals surface area contributed by atoms with Gasteiger partial charge in [0.2, 0.25) is 6.79 Å². The summed E-state index contributed by atoms with van der Waals surface area (Å²) in [5, 5.41) is 2.50. The van der Waals surface area contributed by atoms with Crippen LogP contribution in [0.25, 0.3) is 0 Å². The first-order valence-electron chi connectivity index (χ1n) is 12.9. The van der Waals surface area contributed by atoms with Crippen LogP contribution < -0.4 is 14.8 Å². The van der Waals surface area contributed by atoms with Crippen molar-refractivity contribution in [3.05, 3.63) is 53.9 Å². The number of benzene rings is 1. The zero-order valence-corrected chi connectivity index (χ0v) is 22.9. The molecule has 1 fully saturated rings. The number of hydrogen-bond donors (Lipinski definition) is 1. The molecule has 0 radical (unpaired) electrons. The molecule has 3 rings (SSSR count). The number of methoxy groups -OCH3 is 1. The van der Waals surface area contributed by atoms with Gasteiger partial charge in [0.05, 0.1) is 13.0 Å². The number of carbonyl (C=O) groups is 4. The van der Waals surface area contributed by atoms with E-state index in [0.717, 1.165) is 5.56 Å². The first kappa shape index (κ1) is 30.4. The molecule has 1 aromatic heterocycles. The average Bonchev–Trinajstić information content (AvgIpc) is 2.97. The molecule has 12 heteroatoms. The SMILES string of the molecule is CCCOC1C(Cc2ccccc2)C(=O)OC[C@H](NC(=O)c2nccc(OC)c2OCOC(C)=O)C(=O)O[C@H]1C. The van der Waals surface area contributed by atoms with E-state index in [1.807, 2.05) is 37.3 Å². The smallest absolute Gasteiger partial charge is 0.332 e. The maximum absolute atomic E-state index is 13.3. The van der Waals surface area contributed by atoms with Crippen LogP contribution in [0.4, 0.5) is 0 Å². The predicted octanol–water partition coefficient (Wildman–Crippen LogP) is 2.23. The van der Waals surface area contributed by atoms with E-state index in [0.29, 0.717) is 19.4 Å². The van der Waals surface area contributed by atoms with Gasteiger partial charge in [-0.2, -0.15) is 0 Å². The molecule has 1 aliphatic rings. The lowest BCUT2D eigenvalue weighted by molar-refractivity contribution is -0.164. The Hall–Kier alpha value is -4.19. The minimum Gasteiger partial charge on any atom is -0.493 e. The highest BCUT2D eigenvalue weighted by Gasteiger charge is 2.40. The highest BCUT2D eigenvalue weighted by Crippen LogP contribution is 2.30. The molecule has 1 amide bonds. The third-order valence-electron chi connectivity index (χ3n) is 6.03. The first-order valence-corrected chi connectivity index (χ1v) is 12.9. The Morgan fingerprint density at radius 2 is 1.88 bits per heavy atom. The van der Waals surface area contributed by atoms with Crippen molar-refractivity contribution in [2.45, 2.75) is 51.9 Å². The Morgan fingerprint density at radius 1 is 1.12 bits per heavy atom. The number of hydrogen-bond acceptors (Lipinski definition) is 11. The molecule has 1 N–H and O–H groups in total. The number of ether oxygens (including phenoxy) is 6. The van der Waals surface area contributed by atoms with Gasteiger partial charge in [0.25, 0.3) is 5.91 Å². The third-order valence-corrected chi connectivity index (χ3v) is 6.03. The summed E-state index contributed by atoms with van der Waals surface area (Å²) in [6.07, 6.45) is 0.713. The molecule has 0 bridgehead atoms. The number of esters is 3. The average molecular weight is 559 g/mol. The van der Waals surface area contributed by atoms with E-state index in [4.69, 9.17) is 28.4 Å². The quantitative estimate of drug-likeness (QED) is 0.246. The Balaban J connectivity index is 1.83. The molecule has 0 spiro atoms. The summed E-state index contributed by atoms with van der Waals surface area (Å²) in [5.74, 6) is -3.55. The molecule has 2 heterocycles. The van der Waals surface area contributed by atoms with Gasteiger partial charge in [-0.15, -0.1) is 0 Å². The van der Waals surface area contributed by atoms with Crippen molar-refractivity contribution >= 4 is 23.8 Å². The zero-order valence-electron chi connectivity index (χ0n) is 22.9. The normalized spacial score (nSPS) is 21.1. The van der Waals surface area contributed by atoms with Crippen molar-refractivity contribution < 1.29 is 47.6 Å². The van der Waals surface area contributed by atoms with Crippen LogP contribution in [0.3, 0.4) is 0 Å². The number of aromatic nitrogens is 1. The van der Waals surface area contributed by atoms with Gasteiger partial charge in [0, 0.05) is 25.8 Å². The maximum Gasteiger partial charge on any atom is 0.332 e. The van der Waals surface area contributed by atoms with Gasteiger partial charge in [0.15, 0.2) is 23.2 Å². The standard InChI is InChI=1S/C28H34N2O10/c1-5-13-36-24-17(2)40-28(34)21(15-37-27(33)20(24)14-19-9-7-6-8-10-19)30-26(32)23-25(39-16-38-18(3)31)22(35-4)11-12-29-23/h6-12,17,20-21,24H,5,13-16H2,1-4H3,(H,30,32)/t17-,20?,21-,24?/m0/s1. The molecule has 2 unspecified atom stereocenters. The van der Waals surface area contributed by atoms with Gasteiger partial charge in [0.1, 0.15) is 18.8 Å². The van der Waals surface area contributed by atoms with Crippen LogP contribution >= 0.6 is 0 Å². The fourth-order valence-corrected chi connectivity index (χ4v) is 4.10. The maximum atomic E-state index is 13.3. The topological polar surface area (TPSA) is 149 Å². The van der Waals surface area contributed by atoms with Crippen molar-refractivity contribution in [2.24, 2.45) is 5.92 Å². The lowest BCUT2D eigenvalue weighted by Gasteiger charge is -2.29. The van der Waals surface area contributed by atoms with Crippen LogP contribution in [0.1, 0.15) is 43.2 Å². The Bertz CT molecular complexity index is 1170. The molecule has 1 aromatic carbocycles. The second kappa shape index (κ2) is 14.8. The van der Waals surface area contributed by atoms with Crippen molar-refractivity contribution in [1.82, 2.24) is 10.3 Å². The van der Waals surface area contributed by atoms with Gasteiger partial charge in [-0.1, -0.05) is 37.3 Å². The monoisotopic (exact) mass is 558 g/mol. The lowest BCUT2D eigenvalue weighted by Crippen LogP contribution is -2.46. The number of cyclic esters (lactones) is 2. The van der Waals surface area contributed by atoms with Gasteiger partial charge in [-0.05, 0) is 25.3 Å². The number of rotatable bonds is 11. The van der Waals surface area contributed by atoms with Crippen molar-refractivity contribution in [3.63, 3.8) is 0 Å². The number of nitrogens with zero attached hydrogens (tertiary/aromatic N) is 1. The molecule has 1 aliphatic heterocycles. The van der Waals surface area contributed by atoms with Gasteiger partial charge >= 0.3 is 17.9 Å². The second-order valence-electron chi connectivity index (χ2n) is 9.02. The fourth-order valence-electron chi connectivity index (χ4n) is 4.10. The summed E-state index contributed by atoms with van der Waals surface area (Å²) in [5.41, 5.74) is 0.646.